The number of benzene rings is 1. The highest BCUT2D eigenvalue weighted by atomic mass is 16.6. The zero-order valence-electron chi connectivity index (χ0n) is 16.8. The van der Waals surface area contributed by atoms with Crippen molar-refractivity contribution < 1.29 is 9.53 Å². The lowest BCUT2D eigenvalue weighted by molar-refractivity contribution is -0.153. The normalized spacial score (nSPS) is 11.6. The summed E-state index contributed by atoms with van der Waals surface area (Å²) >= 11 is 0. The van der Waals surface area contributed by atoms with E-state index in [0.29, 0.717) is 0 Å². The molecule has 0 saturated carbocycles. The molecule has 0 aliphatic carbocycles. The van der Waals surface area contributed by atoms with Crippen molar-refractivity contribution in [3.05, 3.63) is 78.9 Å². The fourth-order valence-electron chi connectivity index (χ4n) is 3.26. The second-order valence-electron chi connectivity index (χ2n) is 7.98. The van der Waals surface area contributed by atoms with Crippen LogP contribution in [0.15, 0.2) is 73.3 Å². The highest BCUT2D eigenvalue weighted by Gasteiger charge is 2.16. The van der Waals surface area contributed by atoms with Crippen molar-refractivity contribution in [2.45, 2.75) is 32.8 Å². The van der Waals surface area contributed by atoms with Crippen LogP contribution >= 0.6 is 0 Å². The molecule has 0 radical (unpaired) electrons. The van der Waals surface area contributed by atoms with Crippen LogP contribution < -0.4 is 0 Å². The van der Waals surface area contributed by atoms with Crippen molar-refractivity contribution >= 4 is 11.6 Å². The van der Waals surface area contributed by atoms with E-state index in [1.165, 1.54) is 0 Å². The molecule has 0 N–H and O–H groups in total. The topological polar surface area (TPSA) is 56.5 Å². The van der Waals surface area contributed by atoms with Gasteiger partial charge in [0.2, 0.25) is 0 Å². The number of fused-ring (bicyclic) bond motifs is 1. The van der Waals surface area contributed by atoms with E-state index < -0.39 is 5.60 Å². The Morgan fingerprint density at radius 1 is 0.966 bits per heavy atom. The molecule has 5 nitrogen and oxygen atoms in total. The fourth-order valence-corrected chi connectivity index (χ4v) is 3.26. The molecule has 29 heavy (non-hydrogen) atoms. The lowest BCUT2D eigenvalue weighted by Gasteiger charge is -2.19. The molecule has 4 rings (SSSR count). The summed E-state index contributed by atoms with van der Waals surface area (Å²) in [5.74, 6) is -0.219. The van der Waals surface area contributed by atoms with Gasteiger partial charge < -0.3 is 4.74 Å². The van der Waals surface area contributed by atoms with Gasteiger partial charge in [-0.1, -0.05) is 24.3 Å². The van der Waals surface area contributed by atoms with E-state index in [1.54, 1.807) is 12.4 Å². The molecular formula is C24H23N3O2. The number of imidazole rings is 1. The molecule has 0 spiro atoms. The Morgan fingerprint density at radius 2 is 1.69 bits per heavy atom. The molecule has 3 heterocycles. The number of hydrogen-bond donors (Lipinski definition) is 0. The summed E-state index contributed by atoms with van der Waals surface area (Å²) in [5, 5.41) is 0. The highest BCUT2D eigenvalue weighted by Crippen LogP contribution is 2.25. The Hall–Kier alpha value is -3.47. The standard InChI is InChI=1S/C24H23N3O2/c1-24(2,3)29-23(28)14-17-4-6-19(7-5-17)21-16-26-22-15-20(10-13-27(21)22)18-8-11-25-12-9-18/h4-13,15-16H,14H2,1-3H3. The summed E-state index contributed by atoms with van der Waals surface area (Å²) in [6.45, 7) is 5.62. The second kappa shape index (κ2) is 7.51. The van der Waals surface area contributed by atoms with Gasteiger partial charge >= 0.3 is 5.97 Å². The second-order valence-corrected chi connectivity index (χ2v) is 7.98. The zero-order valence-corrected chi connectivity index (χ0v) is 16.8. The van der Waals surface area contributed by atoms with E-state index in [0.717, 1.165) is 33.6 Å². The summed E-state index contributed by atoms with van der Waals surface area (Å²) in [5.41, 5.74) is 5.60. The molecule has 4 aromatic rings. The first-order chi connectivity index (χ1) is 13.9. The van der Waals surface area contributed by atoms with Gasteiger partial charge in [0, 0.05) is 24.2 Å². The van der Waals surface area contributed by atoms with Gasteiger partial charge in [-0.2, -0.15) is 0 Å². The van der Waals surface area contributed by atoms with Gasteiger partial charge in [-0.3, -0.25) is 14.2 Å². The van der Waals surface area contributed by atoms with Gasteiger partial charge in [0.25, 0.3) is 0 Å². The smallest absolute Gasteiger partial charge is 0.310 e. The summed E-state index contributed by atoms with van der Waals surface area (Å²) in [7, 11) is 0. The molecule has 0 aliphatic heterocycles. The maximum Gasteiger partial charge on any atom is 0.310 e. The predicted molar refractivity (Wildman–Crippen MR) is 113 cm³/mol. The Balaban J connectivity index is 1.56. The van der Waals surface area contributed by atoms with Gasteiger partial charge in [-0.05, 0) is 61.7 Å². The Kier molecular flexibility index (Phi) is 4.89. The van der Waals surface area contributed by atoms with Crippen molar-refractivity contribution in [3.63, 3.8) is 0 Å². The molecule has 5 heteroatoms. The number of esters is 1. The molecule has 0 bridgehead atoms. The molecule has 3 aromatic heterocycles. The van der Waals surface area contributed by atoms with E-state index in [2.05, 4.69) is 26.5 Å². The third kappa shape index (κ3) is 4.35. The third-order valence-electron chi connectivity index (χ3n) is 4.55. The Labute approximate surface area is 170 Å². The van der Waals surface area contributed by atoms with Crippen LogP contribution in [-0.2, 0) is 16.0 Å². The van der Waals surface area contributed by atoms with Crippen LogP contribution in [0.3, 0.4) is 0 Å². The van der Waals surface area contributed by atoms with E-state index in [9.17, 15) is 4.79 Å². The SMILES string of the molecule is CC(C)(C)OC(=O)Cc1ccc(-c2cnc3cc(-c4ccncc4)ccn23)cc1. The first kappa shape index (κ1) is 18.9. The van der Waals surface area contributed by atoms with E-state index in [-0.39, 0.29) is 12.4 Å². The van der Waals surface area contributed by atoms with Crippen molar-refractivity contribution in [3.8, 4) is 22.4 Å². The van der Waals surface area contributed by atoms with Crippen LogP contribution in [0.1, 0.15) is 26.3 Å². The number of nitrogens with zero attached hydrogens (tertiary/aromatic N) is 3. The van der Waals surface area contributed by atoms with Crippen LogP contribution in [0.5, 0.6) is 0 Å². The Bertz CT molecular complexity index is 1140. The van der Waals surface area contributed by atoms with Crippen molar-refractivity contribution in [1.82, 2.24) is 14.4 Å². The average molecular weight is 385 g/mol. The molecule has 0 atom stereocenters. The average Bonchev–Trinajstić information content (AvgIpc) is 3.11. The first-order valence-electron chi connectivity index (χ1n) is 9.58. The summed E-state index contributed by atoms with van der Waals surface area (Å²) in [6, 6.07) is 16.1. The largest absolute Gasteiger partial charge is 0.460 e. The number of carbonyl (C=O) groups excluding carboxylic acids is 1. The van der Waals surface area contributed by atoms with Crippen LogP contribution in [0, 0.1) is 0 Å². The van der Waals surface area contributed by atoms with E-state index in [1.807, 2.05) is 69.6 Å². The molecular weight excluding hydrogens is 362 g/mol. The highest BCUT2D eigenvalue weighted by molar-refractivity contribution is 5.74. The lowest BCUT2D eigenvalue weighted by atomic mass is 10.1. The molecule has 0 fully saturated rings. The van der Waals surface area contributed by atoms with Crippen molar-refractivity contribution in [2.75, 3.05) is 0 Å². The summed E-state index contributed by atoms with van der Waals surface area (Å²) < 4.78 is 7.46. The van der Waals surface area contributed by atoms with Crippen LogP contribution in [0.2, 0.25) is 0 Å². The minimum atomic E-state index is -0.470. The number of rotatable bonds is 4. The molecule has 0 amide bonds. The van der Waals surface area contributed by atoms with Crippen LogP contribution in [-0.4, -0.2) is 25.9 Å². The quantitative estimate of drug-likeness (QED) is 0.467. The third-order valence-corrected chi connectivity index (χ3v) is 4.55. The summed E-state index contributed by atoms with van der Waals surface area (Å²) in [6.07, 6.45) is 7.74. The van der Waals surface area contributed by atoms with Gasteiger partial charge in [0.05, 0.1) is 18.3 Å². The maximum atomic E-state index is 12.0. The zero-order chi connectivity index (χ0) is 20.4. The predicted octanol–water partition coefficient (Wildman–Crippen LogP) is 4.95. The van der Waals surface area contributed by atoms with Crippen LogP contribution in [0.4, 0.5) is 0 Å². The number of aromatic nitrogens is 3. The molecule has 0 unspecified atom stereocenters. The Morgan fingerprint density at radius 3 is 2.38 bits per heavy atom. The first-order valence-corrected chi connectivity index (χ1v) is 9.58. The van der Waals surface area contributed by atoms with Gasteiger partial charge in [-0.25, -0.2) is 4.98 Å². The molecule has 0 saturated heterocycles. The molecule has 146 valence electrons. The van der Waals surface area contributed by atoms with Gasteiger partial charge in [0.1, 0.15) is 11.2 Å². The van der Waals surface area contributed by atoms with Crippen LogP contribution in [0.25, 0.3) is 28.0 Å². The van der Waals surface area contributed by atoms with Crippen molar-refractivity contribution in [1.29, 1.82) is 0 Å². The monoisotopic (exact) mass is 385 g/mol. The van der Waals surface area contributed by atoms with E-state index in [4.69, 9.17) is 4.74 Å². The van der Waals surface area contributed by atoms with Gasteiger partial charge in [0.15, 0.2) is 0 Å². The summed E-state index contributed by atoms with van der Waals surface area (Å²) in [4.78, 5) is 20.7. The fraction of sp³-hybridized carbons (Fsp3) is 0.208. The minimum absolute atomic E-state index is 0.219. The number of ether oxygens (including phenoxy) is 1. The molecule has 0 aliphatic rings. The lowest BCUT2D eigenvalue weighted by Crippen LogP contribution is -2.24. The number of pyridine rings is 2. The van der Waals surface area contributed by atoms with Crippen molar-refractivity contribution in [2.24, 2.45) is 0 Å². The molecule has 1 aromatic carbocycles. The minimum Gasteiger partial charge on any atom is -0.460 e. The number of carbonyl (C=O) groups is 1. The van der Waals surface area contributed by atoms with E-state index >= 15 is 0 Å². The van der Waals surface area contributed by atoms with Gasteiger partial charge in [-0.15, -0.1) is 0 Å². The maximum absolute atomic E-state index is 12.0. The number of hydrogen-bond acceptors (Lipinski definition) is 4.